The Hall–Kier alpha value is -2.50. The third kappa shape index (κ3) is 3.37. The SMILES string of the molecule is CC[C@@H](NC(=O)c1nc(N)nc2c1CCCC2)c1cc(C)ccn1. The first-order valence-electron chi connectivity index (χ1n) is 8.47. The van der Waals surface area contributed by atoms with Gasteiger partial charge in [-0.15, -0.1) is 0 Å². The number of nitrogens with one attached hydrogen (secondary N) is 1. The van der Waals surface area contributed by atoms with Gasteiger partial charge in [-0.25, -0.2) is 9.97 Å². The van der Waals surface area contributed by atoms with E-state index in [1.807, 2.05) is 26.0 Å². The van der Waals surface area contributed by atoms with Gasteiger partial charge >= 0.3 is 0 Å². The molecule has 0 aromatic carbocycles. The summed E-state index contributed by atoms with van der Waals surface area (Å²) in [6.07, 6.45) is 6.35. The van der Waals surface area contributed by atoms with Gasteiger partial charge in [-0.1, -0.05) is 6.92 Å². The van der Waals surface area contributed by atoms with E-state index < -0.39 is 0 Å². The Morgan fingerprint density at radius 1 is 1.33 bits per heavy atom. The van der Waals surface area contributed by atoms with Gasteiger partial charge < -0.3 is 11.1 Å². The highest BCUT2D eigenvalue weighted by atomic mass is 16.2. The molecule has 0 saturated carbocycles. The Morgan fingerprint density at radius 3 is 2.88 bits per heavy atom. The van der Waals surface area contributed by atoms with Gasteiger partial charge in [0.2, 0.25) is 5.95 Å². The number of pyridine rings is 1. The van der Waals surface area contributed by atoms with E-state index in [0.717, 1.165) is 54.6 Å². The zero-order valence-electron chi connectivity index (χ0n) is 14.2. The number of hydrogen-bond acceptors (Lipinski definition) is 5. The molecule has 24 heavy (non-hydrogen) atoms. The number of hydrogen-bond donors (Lipinski definition) is 2. The minimum Gasteiger partial charge on any atom is -0.368 e. The summed E-state index contributed by atoms with van der Waals surface area (Å²) < 4.78 is 0. The molecular formula is C18H23N5O. The van der Waals surface area contributed by atoms with E-state index in [1.54, 1.807) is 6.20 Å². The highest BCUT2D eigenvalue weighted by Crippen LogP contribution is 2.24. The normalized spacial score (nSPS) is 14.8. The molecule has 0 bridgehead atoms. The van der Waals surface area contributed by atoms with Crippen molar-refractivity contribution < 1.29 is 4.79 Å². The summed E-state index contributed by atoms with van der Waals surface area (Å²) in [5.74, 6) is -0.0278. The van der Waals surface area contributed by atoms with Crippen LogP contribution in [-0.2, 0) is 12.8 Å². The molecule has 0 radical (unpaired) electrons. The Morgan fingerprint density at radius 2 is 2.12 bits per heavy atom. The van der Waals surface area contributed by atoms with Crippen molar-refractivity contribution in [1.29, 1.82) is 0 Å². The van der Waals surface area contributed by atoms with Gasteiger partial charge in [0.05, 0.1) is 11.7 Å². The number of nitrogens with two attached hydrogens (primary N) is 1. The van der Waals surface area contributed by atoms with Crippen molar-refractivity contribution in [3.63, 3.8) is 0 Å². The van der Waals surface area contributed by atoms with E-state index in [4.69, 9.17) is 5.73 Å². The lowest BCUT2D eigenvalue weighted by Gasteiger charge is -2.20. The monoisotopic (exact) mass is 325 g/mol. The molecule has 3 rings (SSSR count). The van der Waals surface area contributed by atoms with Crippen molar-refractivity contribution in [3.05, 3.63) is 46.5 Å². The lowest BCUT2D eigenvalue weighted by molar-refractivity contribution is 0.0928. The van der Waals surface area contributed by atoms with E-state index in [0.29, 0.717) is 5.69 Å². The summed E-state index contributed by atoms with van der Waals surface area (Å²) in [4.78, 5) is 25.7. The van der Waals surface area contributed by atoms with E-state index in [1.165, 1.54) is 0 Å². The smallest absolute Gasteiger partial charge is 0.270 e. The molecule has 0 aliphatic heterocycles. The number of fused-ring (bicyclic) bond motifs is 1. The van der Waals surface area contributed by atoms with Crippen molar-refractivity contribution in [2.75, 3.05) is 5.73 Å². The molecule has 3 N–H and O–H groups in total. The molecule has 1 aliphatic carbocycles. The van der Waals surface area contributed by atoms with Crippen LogP contribution in [0, 0.1) is 6.92 Å². The zero-order valence-corrected chi connectivity index (χ0v) is 14.2. The van der Waals surface area contributed by atoms with Crippen LogP contribution in [0.2, 0.25) is 0 Å². The molecule has 0 saturated heterocycles. The van der Waals surface area contributed by atoms with Crippen molar-refractivity contribution in [3.8, 4) is 0 Å². The van der Waals surface area contributed by atoms with Crippen LogP contribution in [0.1, 0.15) is 65.2 Å². The quantitative estimate of drug-likeness (QED) is 0.901. The number of aryl methyl sites for hydroxylation is 2. The summed E-state index contributed by atoms with van der Waals surface area (Å²) >= 11 is 0. The molecule has 2 heterocycles. The molecule has 6 nitrogen and oxygen atoms in total. The molecule has 0 spiro atoms. The molecule has 1 aliphatic rings. The molecule has 0 fully saturated rings. The second-order valence-corrected chi connectivity index (χ2v) is 6.26. The van der Waals surface area contributed by atoms with Crippen LogP contribution in [0.5, 0.6) is 0 Å². The maximum absolute atomic E-state index is 12.8. The average Bonchev–Trinajstić information content (AvgIpc) is 2.58. The predicted octanol–water partition coefficient (Wildman–Crippen LogP) is 2.52. The van der Waals surface area contributed by atoms with Crippen LogP contribution in [-0.4, -0.2) is 20.9 Å². The van der Waals surface area contributed by atoms with Crippen molar-refractivity contribution >= 4 is 11.9 Å². The van der Waals surface area contributed by atoms with Gasteiger partial charge in [-0.3, -0.25) is 9.78 Å². The highest BCUT2D eigenvalue weighted by Gasteiger charge is 2.24. The van der Waals surface area contributed by atoms with Crippen LogP contribution in [0.15, 0.2) is 18.3 Å². The van der Waals surface area contributed by atoms with E-state index in [-0.39, 0.29) is 17.9 Å². The first-order valence-corrected chi connectivity index (χ1v) is 8.47. The molecule has 0 unspecified atom stereocenters. The molecular weight excluding hydrogens is 302 g/mol. The van der Waals surface area contributed by atoms with Crippen LogP contribution < -0.4 is 11.1 Å². The van der Waals surface area contributed by atoms with Crippen LogP contribution in [0.25, 0.3) is 0 Å². The number of aromatic nitrogens is 3. The van der Waals surface area contributed by atoms with Gasteiger partial charge in [0.1, 0.15) is 5.69 Å². The molecule has 2 aromatic heterocycles. The maximum Gasteiger partial charge on any atom is 0.270 e. The average molecular weight is 325 g/mol. The molecule has 2 aromatic rings. The Kier molecular flexibility index (Phi) is 4.74. The molecule has 6 heteroatoms. The summed E-state index contributed by atoms with van der Waals surface area (Å²) in [6, 6.07) is 3.80. The fraction of sp³-hybridized carbons (Fsp3) is 0.444. The number of anilines is 1. The van der Waals surface area contributed by atoms with E-state index in [9.17, 15) is 4.79 Å². The van der Waals surface area contributed by atoms with Crippen LogP contribution >= 0.6 is 0 Å². The fourth-order valence-corrected chi connectivity index (χ4v) is 3.16. The van der Waals surface area contributed by atoms with Gasteiger partial charge in [0, 0.05) is 17.5 Å². The largest absolute Gasteiger partial charge is 0.368 e. The van der Waals surface area contributed by atoms with Crippen LogP contribution in [0.4, 0.5) is 5.95 Å². The first kappa shape index (κ1) is 16.4. The topological polar surface area (TPSA) is 93.8 Å². The number of nitrogen functional groups attached to an aromatic ring is 1. The number of rotatable bonds is 4. The third-order valence-electron chi connectivity index (χ3n) is 4.42. The second-order valence-electron chi connectivity index (χ2n) is 6.26. The summed E-state index contributed by atoms with van der Waals surface area (Å²) in [5, 5.41) is 3.06. The lowest BCUT2D eigenvalue weighted by atomic mass is 9.94. The molecule has 1 amide bonds. The maximum atomic E-state index is 12.8. The van der Waals surface area contributed by atoms with E-state index >= 15 is 0 Å². The first-order chi connectivity index (χ1) is 11.6. The Bertz CT molecular complexity index is 759. The van der Waals surface area contributed by atoms with Gasteiger partial charge in [-0.05, 0) is 56.7 Å². The standard InChI is InChI=1S/C18H23N5O/c1-3-13(15-10-11(2)8-9-20-15)21-17(24)16-12-6-4-5-7-14(12)22-18(19)23-16/h8-10,13H,3-7H2,1-2H3,(H,21,24)(H2,19,22,23)/t13-/m1/s1. The number of nitrogens with zero attached hydrogens (tertiary/aromatic N) is 3. The summed E-state index contributed by atoms with van der Waals surface area (Å²) in [7, 11) is 0. The number of carbonyl (C=O) groups is 1. The minimum absolute atomic E-state index is 0.146. The van der Waals surface area contributed by atoms with Crippen molar-refractivity contribution in [2.24, 2.45) is 0 Å². The predicted molar refractivity (Wildman–Crippen MR) is 92.6 cm³/mol. The highest BCUT2D eigenvalue weighted by molar-refractivity contribution is 5.94. The third-order valence-corrected chi connectivity index (χ3v) is 4.42. The number of amides is 1. The summed E-state index contributed by atoms with van der Waals surface area (Å²) in [5.41, 5.74) is 10.1. The van der Waals surface area contributed by atoms with Crippen molar-refractivity contribution in [1.82, 2.24) is 20.3 Å². The van der Waals surface area contributed by atoms with Crippen LogP contribution in [0.3, 0.4) is 0 Å². The molecule has 1 atom stereocenters. The van der Waals surface area contributed by atoms with Gasteiger partial charge in [0.15, 0.2) is 0 Å². The lowest BCUT2D eigenvalue weighted by Crippen LogP contribution is -2.31. The second kappa shape index (κ2) is 6.95. The van der Waals surface area contributed by atoms with Gasteiger partial charge in [-0.2, -0.15) is 0 Å². The fourth-order valence-electron chi connectivity index (χ4n) is 3.16. The van der Waals surface area contributed by atoms with Gasteiger partial charge in [0.25, 0.3) is 5.91 Å². The minimum atomic E-state index is -0.197. The molecule has 126 valence electrons. The summed E-state index contributed by atoms with van der Waals surface area (Å²) in [6.45, 7) is 4.04. The van der Waals surface area contributed by atoms with E-state index in [2.05, 4.69) is 20.3 Å². The Labute approximate surface area is 141 Å². The Balaban J connectivity index is 1.88. The zero-order chi connectivity index (χ0) is 17.1. The number of carbonyl (C=O) groups excluding carboxylic acids is 1. The van der Waals surface area contributed by atoms with Crippen molar-refractivity contribution in [2.45, 2.75) is 52.0 Å².